The van der Waals surface area contributed by atoms with Gasteiger partial charge in [0.1, 0.15) is 5.69 Å². The maximum absolute atomic E-state index is 12.5. The molecule has 2 rings (SSSR count). The molecule has 2 aromatic rings. The molecule has 1 N–H and O–H groups in total. The number of nitrogens with zero attached hydrogens (tertiary/aromatic N) is 2. The second kappa shape index (κ2) is 8.69. The van der Waals surface area contributed by atoms with Crippen LogP contribution in [0.5, 0.6) is 0 Å². The highest BCUT2D eigenvalue weighted by atomic mass is 35.5. The second-order valence-electron chi connectivity index (χ2n) is 5.75. The number of amides is 1. The summed E-state index contributed by atoms with van der Waals surface area (Å²) in [6, 6.07) is 9.26. The molecule has 0 atom stereocenters. The average Bonchev–Trinajstić information content (AvgIpc) is 2.59. The van der Waals surface area contributed by atoms with Gasteiger partial charge >= 0.3 is 0 Å². The standard InChI is InChI=1S/C19H24ClN3O/c1-4-11-23(12-5-2)15-9-10-21-18(13-15)19(24)22-17-8-6-7-16(20)14(17)3/h6-10,13H,4-5,11-12H2,1-3H3,(H,22,24). The zero-order valence-electron chi connectivity index (χ0n) is 14.5. The number of halogens is 1. The molecule has 0 bridgehead atoms. The van der Waals surface area contributed by atoms with Crippen LogP contribution in [0, 0.1) is 6.92 Å². The van der Waals surface area contributed by atoms with Gasteiger partial charge in [-0.3, -0.25) is 9.78 Å². The fourth-order valence-electron chi connectivity index (χ4n) is 2.58. The minimum absolute atomic E-state index is 0.227. The molecular weight excluding hydrogens is 322 g/mol. The molecule has 0 aliphatic heterocycles. The van der Waals surface area contributed by atoms with Gasteiger partial charge in [-0.05, 0) is 49.6 Å². The Labute approximate surface area is 148 Å². The first-order valence-corrected chi connectivity index (χ1v) is 8.72. The molecule has 0 radical (unpaired) electrons. The van der Waals surface area contributed by atoms with Gasteiger partial charge in [-0.1, -0.05) is 31.5 Å². The van der Waals surface area contributed by atoms with E-state index in [9.17, 15) is 4.79 Å². The quantitative estimate of drug-likeness (QED) is 0.774. The predicted molar refractivity (Wildman–Crippen MR) is 101 cm³/mol. The van der Waals surface area contributed by atoms with Crippen LogP contribution >= 0.6 is 11.6 Å². The first-order chi connectivity index (χ1) is 11.6. The fraction of sp³-hybridized carbons (Fsp3) is 0.368. The van der Waals surface area contributed by atoms with E-state index in [0.29, 0.717) is 16.4 Å². The third-order valence-corrected chi connectivity index (χ3v) is 4.25. The van der Waals surface area contributed by atoms with Crippen molar-refractivity contribution in [2.75, 3.05) is 23.3 Å². The monoisotopic (exact) mass is 345 g/mol. The van der Waals surface area contributed by atoms with E-state index in [4.69, 9.17) is 11.6 Å². The summed E-state index contributed by atoms with van der Waals surface area (Å²) in [5, 5.41) is 3.52. The van der Waals surface area contributed by atoms with Gasteiger partial charge in [0.15, 0.2) is 0 Å². The molecule has 4 nitrogen and oxygen atoms in total. The number of hydrogen-bond acceptors (Lipinski definition) is 3. The molecule has 0 spiro atoms. The van der Waals surface area contributed by atoms with Gasteiger partial charge in [0.05, 0.1) is 0 Å². The summed E-state index contributed by atoms with van der Waals surface area (Å²) in [7, 11) is 0. The van der Waals surface area contributed by atoms with Gasteiger partial charge in [0, 0.05) is 35.7 Å². The number of carbonyl (C=O) groups excluding carboxylic acids is 1. The summed E-state index contributed by atoms with van der Waals surface area (Å²) in [4.78, 5) is 19.0. The molecular formula is C19H24ClN3O. The summed E-state index contributed by atoms with van der Waals surface area (Å²) in [6.45, 7) is 8.11. The van der Waals surface area contributed by atoms with Crippen molar-refractivity contribution < 1.29 is 4.79 Å². The Morgan fingerprint density at radius 2 is 1.92 bits per heavy atom. The van der Waals surface area contributed by atoms with E-state index in [0.717, 1.165) is 37.2 Å². The SMILES string of the molecule is CCCN(CCC)c1ccnc(C(=O)Nc2cccc(Cl)c2C)c1. The van der Waals surface area contributed by atoms with Crippen molar-refractivity contribution in [3.8, 4) is 0 Å². The van der Waals surface area contributed by atoms with Crippen molar-refractivity contribution in [3.05, 3.63) is 52.8 Å². The van der Waals surface area contributed by atoms with Crippen LogP contribution in [-0.4, -0.2) is 24.0 Å². The van der Waals surface area contributed by atoms with E-state index in [2.05, 4.69) is 29.0 Å². The lowest BCUT2D eigenvalue weighted by atomic mass is 10.2. The van der Waals surface area contributed by atoms with Gasteiger partial charge in [-0.25, -0.2) is 0 Å². The van der Waals surface area contributed by atoms with Crippen molar-refractivity contribution in [1.82, 2.24) is 4.98 Å². The molecule has 1 heterocycles. The van der Waals surface area contributed by atoms with Crippen LogP contribution in [0.1, 0.15) is 42.7 Å². The minimum atomic E-state index is -0.227. The van der Waals surface area contributed by atoms with Crippen LogP contribution in [0.15, 0.2) is 36.5 Å². The summed E-state index contributed by atoms with van der Waals surface area (Å²) in [6.07, 6.45) is 3.81. The molecule has 0 unspecified atom stereocenters. The van der Waals surface area contributed by atoms with Crippen molar-refractivity contribution in [3.63, 3.8) is 0 Å². The Balaban J connectivity index is 2.21. The normalized spacial score (nSPS) is 10.5. The number of pyridine rings is 1. The molecule has 0 aliphatic carbocycles. The number of hydrogen-bond donors (Lipinski definition) is 1. The number of benzene rings is 1. The molecule has 128 valence electrons. The van der Waals surface area contributed by atoms with Gasteiger partial charge < -0.3 is 10.2 Å². The molecule has 0 saturated heterocycles. The summed E-state index contributed by atoms with van der Waals surface area (Å²) < 4.78 is 0. The molecule has 1 amide bonds. The summed E-state index contributed by atoms with van der Waals surface area (Å²) >= 11 is 6.11. The largest absolute Gasteiger partial charge is 0.371 e. The topological polar surface area (TPSA) is 45.2 Å². The third-order valence-electron chi connectivity index (χ3n) is 3.84. The zero-order chi connectivity index (χ0) is 17.5. The molecule has 0 aliphatic rings. The van der Waals surface area contributed by atoms with Gasteiger partial charge in [0.25, 0.3) is 5.91 Å². The Morgan fingerprint density at radius 1 is 1.21 bits per heavy atom. The maximum atomic E-state index is 12.5. The van der Waals surface area contributed by atoms with E-state index in [1.54, 1.807) is 12.3 Å². The Morgan fingerprint density at radius 3 is 2.58 bits per heavy atom. The first-order valence-electron chi connectivity index (χ1n) is 8.34. The lowest BCUT2D eigenvalue weighted by molar-refractivity contribution is 0.102. The molecule has 1 aromatic carbocycles. The highest BCUT2D eigenvalue weighted by Gasteiger charge is 2.13. The van der Waals surface area contributed by atoms with Crippen LogP contribution in [0.25, 0.3) is 0 Å². The van der Waals surface area contributed by atoms with Crippen molar-refractivity contribution in [2.24, 2.45) is 0 Å². The lowest BCUT2D eigenvalue weighted by Crippen LogP contribution is -2.25. The lowest BCUT2D eigenvalue weighted by Gasteiger charge is -2.24. The van der Waals surface area contributed by atoms with E-state index >= 15 is 0 Å². The highest BCUT2D eigenvalue weighted by Crippen LogP contribution is 2.24. The van der Waals surface area contributed by atoms with Crippen LogP contribution in [-0.2, 0) is 0 Å². The number of nitrogens with one attached hydrogen (secondary N) is 1. The van der Waals surface area contributed by atoms with E-state index < -0.39 is 0 Å². The molecule has 24 heavy (non-hydrogen) atoms. The average molecular weight is 346 g/mol. The third kappa shape index (κ3) is 4.48. The van der Waals surface area contributed by atoms with Crippen molar-refractivity contribution in [1.29, 1.82) is 0 Å². The van der Waals surface area contributed by atoms with Crippen molar-refractivity contribution in [2.45, 2.75) is 33.6 Å². The Hall–Kier alpha value is -2.07. The number of aromatic nitrogens is 1. The smallest absolute Gasteiger partial charge is 0.274 e. The minimum Gasteiger partial charge on any atom is -0.371 e. The van der Waals surface area contributed by atoms with Crippen LogP contribution < -0.4 is 10.2 Å². The first kappa shape index (κ1) is 18.3. The maximum Gasteiger partial charge on any atom is 0.274 e. The van der Waals surface area contributed by atoms with Crippen LogP contribution in [0.2, 0.25) is 5.02 Å². The van der Waals surface area contributed by atoms with E-state index in [1.165, 1.54) is 0 Å². The van der Waals surface area contributed by atoms with Crippen LogP contribution in [0.4, 0.5) is 11.4 Å². The van der Waals surface area contributed by atoms with Gasteiger partial charge in [-0.2, -0.15) is 0 Å². The van der Waals surface area contributed by atoms with Gasteiger partial charge in [0.2, 0.25) is 0 Å². The molecule has 1 aromatic heterocycles. The molecule has 0 saturated carbocycles. The summed E-state index contributed by atoms with van der Waals surface area (Å²) in [5.41, 5.74) is 2.99. The van der Waals surface area contributed by atoms with E-state index in [1.807, 2.05) is 31.2 Å². The highest BCUT2D eigenvalue weighted by molar-refractivity contribution is 6.31. The Bertz CT molecular complexity index is 697. The van der Waals surface area contributed by atoms with Gasteiger partial charge in [-0.15, -0.1) is 0 Å². The number of rotatable bonds is 7. The second-order valence-corrected chi connectivity index (χ2v) is 6.16. The molecule has 0 fully saturated rings. The summed E-state index contributed by atoms with van der Waals surface area (Å²) in [5.74, 6) is -0.227. The predicted octanol–water partition coefficient (Wildman–Crippen LogP) is 4.92. The van der Waals surface area contributed by atoms with E-state index in [-0.39, 0.29) is 5.91 Å². The number of anilines is 2. The van der Waals surface area contributed by atoms with Crippen molar-refractivity contribution >= 4 is 28.9 Å². The zero-order valence-corrected chi connectivity index (χ0v) is 15.2. The fourth-order valence-corrected chi connectivity index (χ4v) is 2.75. The van der Waals surface area contributed by atoms with Crippen LogP contribution in [0.3, 0.4) is 0 Å². The number of carbonyl (C=O) groups is 1. The molecule has 5 heteroatoms. The Kier molecular flexibility index (Phi) is 6.62.